The maximum Gasteiger partial charge on any atom is 0.204 e. The van der Waals surface area contributed by atoms with Crippen LogP contribution in [0.5, 0.6) is 0 Å². The Hall–Kier alpha value is -1.75. The summed E-state index contributed by atoms with van der Waals surface area (Å²) < 4.78 is 18.1. The summed E-state index contributed by atoms with van der Waals surface area (Å²) in [5.41, 5.74) is 4.64. The van der Waals surface area contributed by atoms with E-state index in [4.69, 9.17) is 4.18 Å². The highest BCUT2D eigenvalue weighted by Crippen LogP contribution is 2.43. The highest BCUT2D eigenvalue weighted by Gasteiger charge is 2.29. The molecule has 0 saturated heterocycles. The van der Waals surface area contributed by atoms with Gasteiger partial charge in [-0.15, -0.1) is 0 Å². The molecule has 3 rings (SSSR count). The first-order valence-corrected chi connectivity index (χ1v) is 9.70. The van der Waals surface area contributed by atoms with Crippen molar-refractivity contribution in [1.29, 1.82) is 0 Å². The molecule has 0 spiro atoms. The minimum atomic E-state index is -0.320. The minimum Gasteiger partial charge on any atom is -0.430 e. The zero-order valence-electron chi connectivity index (χ0n) is 14.7. The summed E-state index contributed by atoms with van der Waals surface area (Å²) in [6, 6.07) is 1.93. The van der Waals surface area contributed by atoms with E-state index in [0.29, 0.717) is 23.8 Å². The van der Waals surface area contributed by atoms with Crippen LogP contribution in [0.1, 0.15) is 61.3 Å². The number of fused-ring (bicyclic) bond motifs is 1. The van der Waals surface area contributed by atoms with Crippen LogP contribution < -0.4 is 0 Å². The van der Waals surface area contributed by atoms with Gasteiger partial charge in [-0.25, -0.2) is 0 Å². The standard InChI is InChI=1S/C20H24FNO2S/c1-3-13(2)20(23)19-11-16-9-15(14-5-6-14)10-17(12-18(16)22-19)24-25-8-4-7-21/h3,9,11-12,14,22H,4-8,10H2,1-2H3/b13-3+. The number of H-pyrrole nitrogens is 1. The maximum atomic E-state index is 12.4. The van der Waals surface area contributed by atoms with E-state index in [1.54, 1.807) is 0 Å². The van der Waals surface area contributed by atoms with Crippen molar-refractivity contribution in [2.24, 2.45) is 5.92 Å². The largest absolute Gasteiger partial charge is 0.430 e. The van der Waals surface area contributed by atoms with E-state index < -0.39 is 0 Å². The van der Waals surface area contributed by atoms with Gasteiger partial charge in [0.05, 0.1) is 24.4 Å². The lowest BCUT2D eigenvalue weighted by Crippen LogP contribution is -2.00. The van der Waals surface area contributed by atoms with Crippen LogP contribution in [0, 0.1) is 5.92 Å². The molecular formula is C20H24FNO2S. The zero-order valence-corrected chi connectivity index (χ0v) is 15.5. The fraction of sp³-hybridized carbons (Fsp3) is 0.450. The lowest BCUT2D eigenvalue weighted by atomic mass is 10.0. The van der Waals surface area contributed by atoms with Gasteiger partial charge in [0.2, 0.25) is 5.78 Å². The Balaban J connectivity index is 1.85. The first-order valence-electron chi connectivity index (χ1n) is 8.79. The molecule has 0 unspecified atom stereocenters. The zero-order chi connectivity index (χ0) is 17.8. The molecule has 0 amide bonds. The van der Waals surface area contributed by atoms with Crippen LogP contribution in [-0.4, -0.2) is 23.2 Å². The number of alkyl halides is 1. The van der Waals surface area contributed by atoms with E-state index in [2.05, 4.69) is 11.1 Å². The van der Waals surface area contributed by atoms with Crippen LogP contribution in [-0.2, 0) is 4.18 Å². The van der Waals surface area contributed by atoms with Crippen LogP contribution in [0.15, 0.2) is 29.0 Å². The van der Waals surface area contributed by atoms with Gasteiger partial charge in [0, 0.05) is 29.5 Å². The topological polar surface area (TPSA) is 42.1 Å². The van der Waals surface area contributed by atoms with Crippen molar-refractivity contribution in [1.82, 2.24) is 4.98 Å². The molecule has 0 radical (unpaired) electrons. The fourth-order valence-corrected chi connectivity index (χ4v) is 3.42. The van der Waals surface area contributed by atoms with E-state index in [1.807, 2.05) is 32.1 Å². The second-order valence-electron chi connectivity index (χ2n) is 6.58. The van der Waals surface area contributed by atoms with E-state index in [0.717, 1.165) is 29.0 Å². The van der Waals surface area contributed by atoms with E-state index in [9.17, 15) is 9.18 Å². The number of rotatable bonds is 8. The highest BCUT2D eigenvalue weighted by atomic mass is 32.2. The van der Waals surface area contributed by atoms with Crippen molar-refractivity contribution in [3.63, 3.8) is 0 Å². The summed E-state index contributed by atoms with van der Waals surface area (Å²) in [5.74, 6) is 2.15. The third-order valence-electron chi connectivity index (χ3n) is 4.57. The van der Waals surface area contributed by atoms with Crippen molar-refractivity contribution < 1.29 is 13.4 Å². The number of hydrogen-bond donors (Lipinski definition) is 1. The number of carbonyl (C=O) groups excluding carboxylic acids is 1. The Morgan fingerprint density at radius 1 is 1.44 bits per heavy atom. The number of nitrogens with one attached hydrogen (secondary N) is 1. The molecule has 1 aromatic heterocycles. The molecule has 1 N–H and O–H groups in total. The minimum absolute atomic E-state index is 0.0186. The molecule has 5 heteroatoms. The molecule has 0 atom stereocenters. The van der Waals surface area contributed by atoms with Gasteiger partial charge in [-0.3, -0.25) is 9.18 Å². The molecule has 1 fully saturated rings. The number of aromatic nitrogens is 1. The molecule has 25 heavy (non-hydrogen) atoms. The molecule has 2 aliphatic carbocycles. The summed E-state index contributed by atoms with van der Waals surface area (Å²) in [7, 11) is 0. The van der Waals surface area contributed by atoms with Crippen molar-refractivity contribution in [3.05, 3.63) is 46.0 Å². The van der Waals surface area contributed by atoms with Crippen LogP contribution in [0.4, 0.5) is 4.39 Å². The van der Waals surface area contributed by atoms with Gasteiger partial charge in [-0.05, 0) is 50.7 Å². The molecule has 1 saturated carbocycles. The van der Waals surface area contributed by atoms with Gasteiger partial charge in [0.25, 0.3) is 0 Å². The van der Waals surface area contributed by atoms with Gasteiger partial charge in [0.15, 0.2) is 0 Å². The Kier molecular flexibility index (Phi) is 5.84. The van der Waals surface area contributed by atoms with Gasteiger partial charge in [0.1, 0.15) is 5.76 Å². The lowest BCUT2D eigenvalue weighted by molar-refractivity contribution is 0.103. The van der Waals surface area contributed by atoms with Crippen LogP contribution in [0.25, 0.3) is 12.2 Å². The summed E-state index contributed by atoms with van der Waals surface area (Å²) in [4.78, 5) is 15.7. The fourth-order valence-electron chi connectivity index (χ4n) is 2.86. The first kappa shape index (κ1) is 18.1. The summed E-state index contributed by atoms with van der Waals surface area (Å²) in [6.45, 7) is 3.37. The van der Waals surface area contributed by atoms with E-state index in [1.165, 1.54) is 30.5 Å². The number of carbonyl (C=O) groups is 1. The molecule has 2 aliphatic rings. The Morgan fingerprint density at radius 3 is 2.92 bits per heavy atom. The molecule has 0 aromatic carbocycles. The first-order chi connectivity index (χ1) is 12.1. The summed E-state index contributed by atoms with van der Waals surface area (Å²) in [6.07, 6.45) is 9.72. The van der Waals surface area contributed by atoms with Crippen molar-refractivity contribution >= 4 is 30.0 Å². The van der Waals surface area contributed by atoms with Crippen LogP contribution in [0.2, 0.25) is 0 Å². The van der Waals surface area contributed by atoms with Gasteiger partial charge >= 0.3 is 0 Å². The van der Waals surface area contributed by atoms with Crippen molar-refractivity contribution in [2.75, 3.05) is 12.4 Å². The van der Waals surface area contributed by atoms with Crippen molar-refractivity contribution in [3.8, 4) is 0 Å². The highest BCUT2D eigenvalue weighted by molar-refractivity contribution is 7.94. The van der Waals surface area contributed by atoms with E-state index >= 15 is 0 Å². The average molecular weight is 361 g/mol. The normalized spacial score (nSPS) is 17.5. The molecule has 0 aliphatic heterocycles. The number of aromatic amines is 1. The van der Waals surface area contributed by atoms with E-state index in [-0.39, 0.29) is 12.5 Å². The Labute approximate surface area is 152 Å². The Bertz CT molecular complexity index is 741. The van der Waals surface area contributed by atoms with Crippen LogP contribution in [0.3, 0.4) is 0 Å². The van der Waals surface area contributed by atoms with Crippen molar-refractivity contribution in [2.45, 2.75) is 39.5 Å². The molecular weight excluding hydrogens is 337 g/mol. The quantitative estimate of drug-likeness (QED) is 0.278. The monoisotopic (exact) mass is 361 g/mol. The SMILES string of the molecule is C/C=C(\C)C(=O)c1cc2c([nH]1)C=C(OSCCCF)CC(C1CC1)=C2. The van der Waals surface area contributed by atoms with Crippen LogP contribution >= 0.6 is 12.0 Å². The molecule has 134 valence electrons. The van der Waals surface area contributed by atoms with Gasteiger partial charge in [-0.2, -0.15) is 0 Å². The predicted octanol–water partition coefficient (Wildman–Crippen LogP) is 5.73. The lowest BCUT2D eigenvalue weighted by Gasteiger charge is -2.09. The third kappa shape index (κ3) is 4.46. The number of allylic oxidation sites excluding steroid dienone is 3. The molecule has 3 nitrogen and oxygen atoms in total. The number of hydrogen-bond acceptors (Lipinski definition) is 3. The second-order valence-corrected chi connectivity index (χ2v) is 7.39. The number of Topliss-reactive ketones (excluding diaryl/α,β-unsaturated/α-hetero) is 1. The average Bonchev–Trinajstić information content (AvgIpc) is 3.41. The van der Waals surface area contributed by atoms with Gasteiger partial charge < -0.3 is 9.17 Å². The molecule has 1 heterocycles. The smallest absolute Gasteiger partial charge is 0.204 e. The molecule has 0 bridgehead atoms. The third-order valence-corrected chi connectivity index (χ3v) is 5.36. The molecule has 1 aromatic rings. The number of ketones is 1. The summed E-state index contributed by atoms with van der Waals surface area (Å²) >= 11 is 1.30. The maximum absolute atomic E-state index is 12.4. The second kappa shape index (κ2) is 8.09. The Morgan fingerprint density at radius 2 is 2.24 bits per heavy atom. The van der Waals surface area contributed by atoms with Gasteiger partial charge in [-0.1, -0.05) is 17.7 Å². The predicted molar refractivity (Wildman–Crippen MR) is 102 cm³/mol. The summed E-state index contributed by atoms with van der Waals surface area (Å²) in [5, 5.41) is 0. The number of halogens is 1.